The van der Waals surface area contributed by atoms with Crippen LogP contribution in [0, 0.1) is 5.92 Å². The molecule has 1 fully saturated rings. The van der Waals surface area contributed by atoms with Gasteiger partial charge < -0.3 is 15.2 Å². The Kier molecular flexibility index (Phi) is 5.37. The molecule has 2 amide bonds. The molecule has 0 bridgehead atoms. The fourth-order valence-corrected chi connectivity index (χ4v) is 3.77. The van der Waals surface area contributed by atoms with Crippen LogP contribution in [-0.2, 0) is 0 Å². The number of aromatic nitrogens is 2. The summed E-state index contributed by atoms with van der Waals surface area (Å²) in [6.07, 6.45) is 6.34. The Morgan fingerprint density at radius 2 is 1.93 bits per heavy atom. The van der Waals surface area contributed by atoms with Gasteiger partial charge in [0, 0.05) is 48.5 Å². The maximum absolute atomic E-state index is 12.5. The van der Waals surface area contributed by atoms with Gasteiger partial charge in [-0.25, -0.2) is 0 Å². The van der Waals surface area contributed by atoms with Crippen molar-refractivity contribution in [3.05, 3.63) is 66.1 Å². The average molecular weight is 376 g/mol. The van der Waals surface area contributed by atoms with E-state index in [4.69, 9.17) is 0 Å². The SMILES string of the molecule is O=C(NCCC1CCN(C(=O)c2ccccc2)CC1)c1cc2cnccc2[nH]1. The molecule has 0 saturated carbocycles. The molecule has 3 aromatic rings. The van der Waals surface area contributed by atoms with Crippen molar-refractivity contribution in [2.45, 2.75) is 19.3 Å². The minimum Gasteiger partial charge on any atom is -0.351 e. The topological polar surface area (TPSA) is 78.1 Å². The van der Waals surface area contributed by atoms with Crippen LogP contribution in [0.3, 0.4) is 0 Å². The zero-order chi connectivity index (χ0) is 19.3. The van der Waals surface area contributed by atoms with Gasteiger partial charge in [-0.2, -0.15) is 0 Å². The highest BCUT2D eigenvalue weighted by molar-refractivity contribution is 5.97. The number of benzene rings is 1. The Hall–Kier alpha value is -3.15. The number of carbonyl (C=O) groups excluding carboxylic acids is 2. The fraction of sp³-hybridized carbons (Fsp3) is 0.318. The first kappa shape index (κ1) is 18.2. The third-order valence-corrected chi connectivity index (χ3v) is 5.43. The normalized spacial score (nSPS) is 14.9. The summed E-state index contributed by atoms with van der Waals surface area (Å²) >= 11 is 0. The maximum atomic E-state index is 12.5. The van der Waals surface area contributed by atoms with E-state index in [9.17, 15) is 9.59 Å². The lowest BCUT2D eigenvalue weighted by Crippen LogP contribution is -2.39. The van der Waals surface area contributed by atoms with Crippen LogP contribution >= 0.6 is 0 Å². The molecule has 6 nitrogen and oxygen atoms in total. The van der Waals surface area contributed by atoms with Crippen LogP contribution in [0.1, 0.15) is 40.1 Å². The number of pyridine rings is 1. The molecule has 6 heteroatoms. The Morgan fingerprint density at radius 3 is 2.68 bits per heavy atom. The summed E-state index contributed by atoms with van der Waals surface area (Å²) < 4.78 is 0. The van der Waals surface area contributed by atoms with Gasteiger partial charge in [0.1, 0.15) is 5.69 Å². The Balaban J connectivity index is 1.22. The first-order valence-corrected chi connectivity index (χ1v) is 9.76. The van der Waals surface area contributed by atoms with Crippen LogP contribution in [0.2, 0.25) is 0 Å². The van der Waals surface area contributed by atoms with E-state index in [-0.39, 0.29) is 11.8 Å². The molecule has 1 aromatic carbocycles. The number of nitrogens with one attached hydrogen (secondary N) is 2. The number of piperidine rings is 1. The molecule has 1 saturated heterocycles. The summed E-state index contributed by atoms with van der Waals surface area (Å²) in [5.74, 6) is 0.556. The second-order valence-electron chi connectivity index (χ2n) is 7.29. The van der Waals surface area contributed by atoms with Crippen molar-refractivity contribution in [1.29, 1.82) is 0 Å². The van der Waals surface area contributed by atoms with E-state index in [1.165, 1.54) is 0 Å². The summed E-state index contributed by atoms with van der Waals surface area (Å²) in [7, 11) is 0. The van der Waals surface area contributed by atoms with Crippen molar-refractivity contribution in [3.63, 3.8) is 0 Å². The molecule has 4 rings (SSSR count). The van der Waals surface area contributed by atoms with Crippen LogP contribution in [0.25, 0.3) is 10.9 Å². The Labute approximate surface area is 164 Å². The number of rotatable bonds is 5. The molecular formula is C22H24N4O2. The highest BCUT2D eigenvalue weighted by Crippen LogP contribution is 2.21. The quantitative estimate of drug-likeness (QED) is 0.718. The molecule has 2 N–H and O–H groups in total. The van der Waals surface area contributed by atoms with Crippen LogP contribution < -0.4 is 5.32 Å². The standard InChI is InChI=1S/C22H24N4O2/c27-21(20-14-18-15-23-10-7-19(18)25-20)24-11-6-16-8-12-26(13-9-16)22(28)17-4-2-1-3-5-17/h1-5,7,10,14-16,25H,6,8-9,11-13H2,(H,24,27). The third kappa shape index (κ3) is 4.06. The summed E-state index contributed by atoms with van der Waals surface area (Å²) in [5.41, 5.74) is 2.23. The van der Waals surface area contributed by atoms with Gasteiger partial charge >= 0.3 is 0 Å². The highest BCUT2D eigenvalue weighted by Gasteiger charge is 2.23. The van der Waals surface area contributed by atoms with E-state index in [1.807, 2.05) is 47.4 Å². The van der Waals surface area contributed by atoms with E-state index < -0.39 is 0 Å². The van der Waals surface area contributed by atoms with Gasteiger partial charge in [-0.05, 0) is 49.4 Å². The number of fused-ring (bicyclic) bond motifs is 1. The van der Waals surface area contributed by atoms with Gasteiger partial charge in [-0.15, -0.1) is 0 Å². The molecule has 1 aliphatic rings. The lowest BCUT2D eigenvalue weighted by Gasteiger charge is -2.32. The van der Waals surface area contributed by atoms with Crippen LogP contribution in [0.4, 0.5) is 0 Å². The van der Waals surface area contributed by atoms with E-state index in [2.05, 4.69) is 15.3 Å². The average Bonchev–Trinajstić information content (AvgIpc) is 3.19. The van der Waals surface area contributed by atoms with Crippen molar-refractivity contribution in [2.24, 2.45) is 5.92 Å². The molecule has 28 heavy (non-hydrogen) atoms. The van der Waals surface area contributed by atoms with E-state index in [0.717, 1.165) is 48.8 Å². The molecule has 3 heterocycles. The number of likely N-dealkylation sites (tertiary alicyclic amines) is 1. The lowest BCUT2D eigenvalue weighted by molar-refractivity contribution is 0.0687. The molecule has 0 unspecified atom stereocenters. The number of hydrogen-bond acceptors (Lipinski definition) is 3. The van der Waals surface area contributed by atoms with E-state index in [1.54, 1.807) is 12.4 Å². The lowest BCUT2D eigenvalue weighted by atomic mass is 9.93. The van der Waals surface area contributed by atoms with Crippen LogP contribution in [0.15, 0.2) is 54.9 Å². The highest BCUT2D eigenvalue weighted by atomic mass is 16.2. The molecule has 1 aliphatic heterocycles. The largest absolute Gasteiger partial charge is 0.351 e. The van der Waals surface area contributed by atoms with Crippen molar-refractivity contribution < 1.29 is 9.59 Å². The van der Waals surface area contributed by atoms with Crippen LogP contribution in [0.5, 0.6) is 0 Å². The maximum Gasteiger partial charge on any atom is 0.267 e. The summed E-state index contributed by atoms with van der Waals surface area (Å²) in [6.45, 7) is 2.20. The molecule has 144 valence electrons. The van der Waals surface area contributed by atoms with Gasteiger partial charge in [0.05, 0.1) is 0 Å². The fourth-order valence-electron chi connectivity index (χ4n) is 3.77. The van der Waals surface area contributed by atoms with Gasteiger partial charge in [0.2, 0.25) is 0 Å². The molecule has 0 spiro atoms. The second-order valence-corrected chi connectivity index (χ2v) is 7.29. The minimum atomic E-state index is -0.0899. The van der Waals surface area contributed by atoms with E-state index >= 15 is 0 Å². The zero-order valence-electron chi connectivity index (χ0n) is 15.7. The van der Waals surface area contributed by atoms with Gasteiger partial charge in [0.25, 0.3) is 11.8 Å². The predicted octanol–water partition coefficient (Wildman–Crippen LogP) is 3.24. The number of amides is 2. The number of aromatic amines is 1. The predicted molar refractivity (Wildman–Crippen MR) is 108 cm³/mol. The second kappa shape index (κ2) is 8.25. The van der Waals surface area contributed by atoms with Crippen molar-refractivity contribution in [2.75, 3.05) is 19.6 Å². The summed E-state index contributed by atoms with van der Waals surface area (Å²) in [5, 5.41) is 3.93. The van der Waals surface area contributed by atoms with Crippen LogP contribution in [-0.4, -0.2) is 46.3 Å². The smallest absolute Gasteiger partial charge is 0.267 e. The first-order chi connectivity index (χ1) is 13.7. The Bertz CT molecular complexity index is 926. The molecule has 0 aliphatic carbocycles. The molecular weight excluding hydrogens is 352 g/mol. The van der Waals surface area contributed by atoms with Gasteiger partial charge in [0.15, 0.2) is 0 Å². The molecule has 0 radical (unpaired) electrons. The first-order valence-electron chi connectivity index (χ1n) is 9.76. The summed E-state index contributed by atoms with van der Waals surface area (Å²) in [4.78, 5) is 34.0. The Morgan fingerprint density at radius 1 is 1.14 bits per heavy atom. The number of hydrogen-bond donors (Lipinski definition) is 2. The molecule has 2 aromatic heterocycles. The van der Waals surface area contributed by atoms with Crippen molar-refractivity contribution >= 4 is 22.7 Å². The zero-order valence-corrected chi connectivity index (χ0v) is 15.7. The number of H-pyrrole nitrogens is 1. The van der Waals surface area contributed by atoms with Gasteiger partial charge in [-0.3, -0.25) is 14.6 Å². The minimum absolute atomic E-state index is 0.0899. The number of carbonyl (C=O) groups is 2. The van der Waals surface area contributed by atoms with E-state index in [0.29, 0.717) is 18.2 Å². The monoisotopic (exact) mass is 376 g/mol. The summed E-state index contributed by atoms with van der Waals surface area (Å²) in [6, 6.07) is 13.1. The number of nitrogens with zero attached hydrogens (tertiary/aromatic N) is 2. The van der Waals surface area contributed by atoms with Crippen molar-refractivity contribution in [1.82, 2.24) is 20.2 Å². The third-order valence-electron chi connectivity index (χ3n) is 5.43. The van der Waals surface area contributed by atoms with Gasteiger partial charge in [-0.1, -0.05) is 18.2 Å². The van der Waals surface area contributed by atoms with Crippen molar-refractivity contribution in [3.8, 4) is 0 Å². The molecule has 0 atom stereocenters.